The zero-order valence-corrected chi connectivity index (χ0v) is 11.2. The summed E-state index contributed by atoms with van der Waals surface area (Å²) in [5.74, 6) is 0.917. The van der Waals surface area contributed by atoms with Crippen LogP contribution in [0.3, 0.4) is 0 Å². The van der Waals surface area contributed by atoms with Crippen molar-refractivity contribution in [1.82, 2.24) is 4.98 Å². The Morgan fingerprint density at radius 2 is 2.22 bits per heavy atom. The predicted molar refractivity (Wildman–Crippen MR) is 73.4 cm³/mol. The van der Waals surface area contributed by atoms with Crippen molar-refractivity contribution in [1.29, 1.82) is 5.41 Å². The molecule has 18 heavy (non-hydrogen) atoms. The van der Waals surface area contributed by atoms with E-state index in [1.165, 1.54) is 16.9 Å². The molecule has 1 heterocycles. The number of nitrogens with zero attached hydrogens (tertiary/aromatic N) is 1. The van der Waals surface area contributed by atoms with E-state index in [-0.39, 0.29) is 5.84 Å². The number of aryl methyl sites for hydroxylation is 2. The normalized spacial score (nSPS) is 10.3. The summed E-state index contributed by atoms with van der Waals surface area (Å²) in [6.07, 6.45) is 1.61. The van der Waals surface area contributed by atoms with Gasteiger partial charge < -0.3 is 10.5 Å². The van der Waals surface area contributed by atoms with Gasteiger partial charge in [-0.05, 0) is 31.0 Å². The van der Waals surface area contributed by atoms with Crippen LogP contribution in [0.2, 0.25) is 0 Å². The van der Waals surface area contributed by atoms with Crippen LogP contribution in [0.25, 0.3) is 0 Å². The summed E-state index contributed by atoms with van der Waals surface area (Å²) >= 11 is 1.38. The van der Waals surface area contributed by atoms with Gasteiger partial charge in [-0.1, -0.05) is 12.1 Å². The summed E-state index contributed by atoms with van der Waals surface area (Å²) in [4.78, 5) is 4.85. The fraction of sp³-hybridized carbons (Fsp3) is 0.231. The first-order chi connectivity index (χ1) is 8.56. The minimum Gasteiger partial charge on any atom is -0.486 e. The van der Waals surface area contributed by atoms with Gasteiger partial charge in [0.25, 0.3) is 0 Å². The van der Waals surface area contributed by atoms with Crippen LogP contribution in [0, 0.1) is 19.3 Å². The van der Waals surface area contributed by atoms with Gasteiger partial charge in [0.05, 0.1) is 4.88 Å². The number of ether oxygens (including phenoxy) is 1. The van der Waals surface area contributed by atoms with Crippen LogP contribution in [0.5, 0.6) is 5.75 Å². The zero-order valence-electron chi connectivity index (χ0n) is 10.4. The Hall–Kier alpha value is -1.88. The average molecular weight is 261 g/mol. The number of thiazole rings is 1. The summed E-state index contributed by atoms with van der Waals surface area (Å²) in [6, 6.07) is 6.10. The van der Waals surface area contributed by atoms with Crippen LogP contribution in [-0.2, 0) is 6.61 Å². The standard InChI is InChI=1S/C13H15N3OS/c1-8-3-4-9(2)10(5-8)17-7-12-16-6-11(18-12)13(14)15/h3-6H,7H2,1-2H3,(H3,14,15). The van der Waals surface area contributed by atoms with Gasteiger partial charge in [-0.3, -0.25) is 5.41 Å². The number of benzene rings is 1. The molecule has 0 aliphatic heterocycles. The van der Waals surface area contributed by atoms with Crippen molar-refractivity contribution in [3.63, 3.8) is 0 Å². The maximum Gasteiger partial charge on any atom is 0.140 e. The first-order valence-electron chi connectivity index (χ1n) is 5.55. The number of hydrogen-bond acceptors (Lipinski definition) is 4. The Morgan fingerprint density at radius 3 is 2.89 bits per heavy atom. The van der Waals surface area contributed by atoms with Crippen molar-refractivity contribution >= 4 is 17.2 Å². The number of hydrogen-bond donors (Lipinski definition) is 2. The fourth-order valence-corrected chi connectivity index (χ4v) is 2.20. The molecule has 3 N–H and O–H groups in total. The number of aromatic nitrogens is 1. The lowest BCUT2D eigenvalue weighted by atomic mass is 10.1. The predicted octanol–water partition coefficient (Wildman–Crippen LogP) is 2.62. The monoisotopic (exact) mass is 261 g/mol. The van der Waals surface area contributed by atoms with Gasteiger partial charge in [-0.2, -0.15) is 0 Å². The molecule has 2 rings (SSSR count). The van der Waals surface area contributed by atoms with E-state index in [4.69, 9.17) is 15.9 Å². The number of nitrogen functional groups attached to an aromatic ring is 1. The van der Waals surface area contributed by atoms with Crippen LogP contribution in [0.1, 0.15) is 21.0 Å². The second kappa shape index (κ2) is 5.18. The molecule has 5 heteroatoms. The van der Waals surface area contributed by atoms with Gasteiger partial charge in [0.1, 0.15) is 23.2 Å². The first kappa shape index (κ1) is 12.6. The lowest BCUT2D eigenvalue weighted by Crippen LogP contribution is -2.08. The van der Waals surface area contributed by atoms with Gasteiger partial charge in [0.2, 0.25) is 0 Å². The molecule has 0 amide bonds. The molecule has 0 radical (unpaired) electrons. The highest BCUT2D eigenvalue weighted by atomic mass is 32.1. The van der Waals surface area contributed by atoms with Crippen LogP contribution in [0.15, 0.2) is 24.4 Å². The summed E-state index contributed by atoms with van der Waals surface area (Å²) < 4.78 is 5.73. The first-order valence-corrected chi connectivity index (χ1v) is 6.37. The molecule has 0 fully saturated rings. The Balaban J connectivity index is 2.06. The van der Waals surface area contributed by atoms with Crippen LogP contribution in [0.4, 0.5) is 0 Å². The molecule has 0 aliphatic carbocycles. The number of rotatable bonds is 4. The average Bonchev–Trinajstić information content (AvgIpc) is 2.79. The van der Waals surface area contributed by atoms with Gasteiger partial charge in [-0.25, -0.2) is 4.98 Å². The quantitative estimate of drug-likeness (QED) is 0.656. The molecular weight excluding hydrogens is 246 g/mol. The third-order valence-electron chi connectivity index (χ3n) is 2.51. The van der Waals surface area contributed by atoms with E-state index in [1.807, 2.05) is 26.0 Å². The van der Waals surface area contributed by atoms with E-state index in [0.29, 0.717) is 11.5 Å². The molecule has 0 aliphatic rings. The molecule has 0 unspecified atom stereocenters. The lowest BCUT2D eigenvalue weighted by molar-refractivity contribution is 0.303. The van der Waals surface area contributed by atoms with E-state index in [0.717, 1.165) is 16.3 Å². The maximum absolute atomic E-state index is 7.31. The summed E-state index contributed by atoms with van der Waals surface area (Å²) in [5.41, 5.74) is 7.66. The minimum absolute atomic E-state index is 0.0467. The fourth-order valence-electron chi connectivity index (χ4n) is 1.50. The van der Waals surface area contributed by atoms with Gasteiger partial charge in [0, 0.05) is 6.20 Å². The largest absolute Gasteiger partial charge is 0.486 e. The molecule has 0 bridgehead atoms. The molecule has 0 spiro atoms. The van der Waals surface area contributed by atoms with E-state index in [1.54, 1.807) is 6.20 Å². The van der Waals surface area contributed by atoms with Gasteiger partial charge in [-0.15, -0.1) is 11.3 Å². The summed E-state index contributed by atoms with van der Waals surface area (Å²) in [6.45, 7) is 4.45. The zero-order chi connectivity index (χ0) is 13.1. The molecule has 1 aromatic carbocycles. The molecule has 94 valence electrons. The van der Waals surface area contributed by atoms with Crippen LogP contribution < -0.4 is 10.5 Å². The van der Waals surface area contributed by atoms with E-state index >= 15 is 0 Å². The van der Waals surface area contributed by atoms with Crippen molar-refractivity contribution < 1.29 is 4.74 Å². The Morgan fingerprint density at radius 1 is 1.44 bits per heavy atom. The van der Waals surface area contributed by atoms with E-state index in [2.05, 4.69) is 11.1 Å². The van der Waals surface area contributed by atoms with Crippen molar-refractivity contribution in [2.75, 3.05) is 0 Å². The molecular formula is C13H15N3OS. The molecule has 0 atom stereocenters. The van der Waals surface area contributed by atoms with Gasteiger partial charge >= 0.3 is 0 Å². The van der Waals surface area contributed by atoms with E-state index in [9.17, 15) is 0 Å². The highest BCUT2D eigenvalue weighted by molar-refractivity contribution is 7.13. The highest BCUT2D eigenvalue weighted by Crippen LogP contribution is 2.21. The van der Waals surface area contributed by atoms with Crippen molar-refractivity contribution in [2.45, 2.75) is 20.5 Å². The summed E-state index contributed by atoms with van der Waals surface area (Å²) in [5, 5.41) is 8.14. The summed E-state index contributed by atoms with van der Waals surface area (Å²) in [7, 11) is 0. The van der Waals surface area contributed by atoms with Crippen molar-refractivity contribution in [3.05, 3.63) is 45.4 Å². The van der Waals surface area contributed by atoms with Gasteiger partial charge in [0.15, 0.2) is 0 Å². The molecule has 1 aromatic heterocycles. The third-order valence-corrected chi connectivity index (χ3v) is 3.52. The number of nitrogens with two attached hydrogens (primary N) is 1. The number of nitrogens with one attached hydrogen (secondary N) is 1. The second-order valence-corrected chi connectivity index (χ2v) is 5.20. The van der Waals surface area contributed by atoms with Crippen LogP contribution >= 0.6 is 11.3 Å². The maximum atomic E-state index is 7.31. The Kier molecular flexibility index (Phi) is 3.62. The molecule has 0 saturated carbocycles. The van der Waals surface area contributed by atoms with Crippen molar-refractivity contribution in [3.8, 4) is 5.75 Å². The molecule has 4 nitrogen and oxygen atoms in total. The molecule has 0 saturated heterocycles. The van der Waals surface area contributed by atoms with E-state index < -0.39 is 0 Å². The lowest BCUT2D eigenvalue weighted by Gasteiger charge is -2.08. The Labute approximate surface area is 110 Å². The SMILES string of the molecule is Cc1ccc(C)c(OCc2ncc(C(=N)N)s2)c1. The van der Waals surface area contributed by atoms with Crippen molar-refractivity contribution in [2.24, 2.45) is 5.73 Å². The second-order valence-electron chi connectivity index (χ2n) is 4.09. The topological polar surface area (TPSA) is 72.0 Å². The minimum atomic E-state index is 0.0467. The molecule has 2 aromatic rings. The smallest absolute Gasteiger partial charge is 0.140 e. The number of amidine groups is 1. The highest BCUT2D eigenvalue weighted by Gasteiger charge is 2.06. The third kappa shape index (κ3) is 2.87. The Bertz CT molecular complexity index is 577. The van der Waals surface area contributed by atoms with Crippen LogP contribution in [-0.4, -0.2) is 10.8 Å².